The van der Waals surface area contributed by atoms with E-state index in [-0.39, 0.29) is 20.4 Å². The van der Waals surface area contributed by atoms with E-state index in [9.17, 15) is 0 Å². The second-order valence-corrected chi connectivity index (χ2v) is 7.76. The van der Waals surface area contributed by atoms with Crippen molar-refractivity contribution in [3.8, 4) is 0 Å². The standard InChI is InChI=1S/C12H17.2C6H11.CH2Cl.Pd/c1-9(2)11-6-5-7-12(8-11)10(3)4;2*1-2-4-6-5-3-1;1-2;/h6-10H,1-4H3;2*1H,2-6H2;1H2;/q4*-1;. The fraction of sp³-hybridized carbons (Fsp3) is 0.640. The van der Waals surface area contributed by atoms with Gasteiger partial charge in [-0.15, -0.1) is 0 Å². The monoisotopic (exact) mass is 482 g/mol. The first-order valence-electron chi connectivity index (χ1n) is 10.5. The summed E-state index contributed by atoms with van der Waals surface area (Å²) in [5, 5.41) is 0. The van der Waals surface area contributed by atoms with Gasteiger partial charge in [-0.05, 0) is 0 Å². The largest absolute Gasteiger partial charge is 0.352 e. The van der Waals surface area contributed by atoms with Crippen molar-refractivity contribution in [1.29, 1.82) is 0 Å². The van der Waals surface area contributed by atoms with Crippen molar-refractivity contribution in [1.82, 2.24) is 0 Å². The molecule has 0 saturated heterocycles. The molecule has 3 rings (SSSR count). The van der Waals surface area contributed by atoms with Crippen LogP contribution in [0.5, 0.6) is 0 Å². The number of benzene rings is 1. The topological polar surface area (TPSA) is 0 Å². The van der Waals surface area contributed by atoms with Gasteiger partial charge in [-0.2, -0.15) is 61.1 Å². The van der Waals surface area contributed by atoms with Crippen LogP contribution in [0.4, 0.5) is 0 Å². The van der Waals surface area contributed by atoms with E-state index >= 15 is 0 Å². The van der Waals surface area contributed by atoms with Gasteiger partial charge in [0.2, 0.25) is 0 Å². The molecular weight excluding hydrogens is 442 g/mol. The molecule has 2 aliphatic carbocycles. The first-order valence-corrected chi connectivity index (χ1v) is 11.1. The summed E-state index contributed by atoms with van der Waals surface area (Å²) in [6.45, 7) is 8.86. The van der Waals surface area contributed by atoms with Crippen molar-refractivity contribution in [3.63, 3.8) is 0 Å². The van der Waals surface area contributed by atoms with Crippen LogP contribution in [0, 0.1) is 25.3 Å². The Balaban J connectivity index is 0. The van der Waals surface area contributed by atoms with Crippen LogP contribution in [-0.4, -0.2) is 0 Å². The predicted molar refractivity (Wildman–Crippen MR) is 119 cm³/mol. The molecule has 0 bridgehead atoms. The molecule has 2 saturated carbocycles. The molecule has 0 spiro atoms. The molecule has 1 aromatic rings. The molecular formula is C25H41ClPd-4. The predicted octanol–water partition coefficient (Wildman–Crippen LogP) is 9.06. The third kappa shape index (κ3) is 16.8. The molecule has 2 aliphatic rings. The minimum atomic E-state index is 0. The van der Waals surface area contributed by atoms with Crippen LogP contribution in [0.15, 0.2) is 18.2 Å². The molecule has 0 unspecified atom stereocenters. The van der Waals surface area contributed by atoms with Crippen LogP contribution < -0.4 is 0 Å². The molecule has 0 aromatic heterocycles. The number of rotatable bonds is 2. The first-order chi connectivity index (χ1) is 12.6. The second-order valence-electron chi connectivity index (χ2n) is 7.76. The molecule has 0 amide bonds. The summed E-state index contributed by atoms with van der Waals surface area (Å²) >= 11 is 4.39. The summed E-state index contributed by atoms with van der Waals surface area (Å²) < 4.78 is 0. The maximum Gasteiger partial charge on any atom is 0 e. The Bertz CT molecular complexity index is 348. The Labute approximate surface area is 189 Å². The van der Waals surface area contributed by atoms with Gasteiger partial charge >= 0.3 is 0 Å². The molecule has 0 aliphatic heterocycles. The van der Waals surface area contributed by atoms with Crippen LogP contribution >= 0.6 is 11.6 Å². The molecule has 0 radical (unpaired) electrons. The summed E-state index contributed by atoms with van der Waals surface area (Å²) in [7, 11) is 0. The zero-order valence-electron chi connectivity index (χ0n) is 18.0. The van der Waals surface area contributed by atoms with Gasteiger partial charge in [-0.1, -0.05) is 78.1 Å². The second kappa shape index (κ2) is 20.9. The Morgan fingerprint density at radius 3 is 1.26 bits per heavy atom. The van der Waals surface area contributed by atoms with Gasteiger partial charge in [0.25, 0.3) is 0 Å². The quantitative estimate of drug-likeness (QED) is 0.291. The molecule has 162 valence electrons. The normalized spacial score (nSPS) is 15.9. The molecule has 27 heavy (non-hydrogen) atoms. The fourth-order valence-corrected chi connectivity index (χ4v) is 2.97. The summed E-state index contributed by atoms with van der Waals surface area (Å²) in [5.74, 6) is 1.22. The molecule has 2 heteroatoms. The van der Waals surface area contributed by atoms with Gasteiger partial charge in [0.1, 0.15) is 0 Å². The summed E-state index contributed by atoms with van der Waals surface area (Å²) in [6.07, 6.45) is 21.7. The van der Waals surface area contributed by atoms with Crippen molar-refractivity contribution in [3.05, 3.63) is 54.6 Å². The number of hydrogen-bond acceptors (Lipinski definition) is 0. The minimum absolute atomic E-state index is 0. The van der Waals surface area contributed by atoms with Crippen molar-refractivity contribution < 1.29 is 20.4 Å². The third-order valence-electron chi connectivity index (χ3n) is 4.80. The Morgan fingerprint density at radius 2 is 1.07 bits per heavy atom. The molecule has 0 atom stereocenters. The van der Waals surface area contributed by atoms with Crippen LogP contribution in [0.1, 0.15) is 115 Å². The molecule has 0 heterocycles. The average Bonchev–Trinajstić information content (AvgIpc) is 2.73. The summed E-state index contributed by atoms with van der Waals surface area (Å²) in [5.41, 5.74) is 2.78. The number of hydrogen-bond donors (Lipinski definition) is 0. The molecule has 2 fully saturated rings. The van der Waals surface area contributed by atoms with E-state index in [0.29, 0.717) is 11.8 Å². The van der Waals surface area contributed by atoms with E-state index in [1.807, 2.05) is 0 Å². The number of halogens is 1. The first kappa shape index (κ1) is 29.4. The summed E-state index contributed by atoms with van der Waals surface area (Å²) in [6, 6.07) is 9.64. The van der Waals surface area contributed by atoms with Crippen LogP contribution in [-0.2, 0) is 20.4 Å². The average molecular weight is 483 g/mol. The molecule has 1 aromatic carbocycles. The van der Waals surface area contributed by atoms with E-state index in [1.54, 1.807) is 0 Å². The van der Waals surface area contributed by atoms with Gasteiger partial charge in [-0.3, -0.25) is 6.38 Å². The fourth-order valence-electron chi connectivity index (χ4n) is 2.97. The van der Waals surface area contributed by atoms with Gasteiger partial charge in [-0.25, -0.2) is 0 Å². The maximum absolute atomic E-state index is 4.39. The summed E-state index contributed by atoms with van der Waals surface area (Å²) in [4.78, 5) is 0. The van der Waals surface area contributed by atoms with Gasteiger partial charge in [0, 0.05) is 20.4 Å². The van der Waals surface area contributed by atoms with E-state index < -0.39 is 0 Å². The smallest absolute Gasteiger partial charge is 0 e. The Kier molecular flexibility index (Phi) is 22.7. The maximum atomic E-state index is 4.39. The van der Waals surface area contributed by atoms with Crippen molar-refractivity contribution in [2.45, 2.75) is 104 Å². The van der Waals surface area contributed by atoms with E-state index in [4.69, 9.17) is 0 Å². The van der Waals surface area contributed by atoms with Crippen molar-refractivity contribution >= 4 is 11.6 Å². The van der Waals surface area contributed by atoms with Crippen molar-refractivity contribution in [2.24, 2.45) is 0 Å². The van der Waals surface area contributed by atoms with E-state index in [2.05, 4.69) is 82.8 Å². The van der Waals surface area contributed by atoms with Gasteiger partial charge < -0.3 is 24.4 Å². The molecule has 0 N–H and O–H groups in total. The Hall–Kier alpha value is 0.172. The SMILES string of the molecule is CC(C)c1c[c-]cc(C(C)C)c1.[CH-]1CCCCC1.[CH-]1CCCCC1.[CH2-]Cl.[Pd]. The van der Waals surface area contributed by atoms with E-state index in [1.165, 1.54) is 75.3 Å². The van der Waals surface area contributed by atoms with Crippen molar-refractivity contribution in [2.75, 3.05) is 0 Å². The molecule has 0 nitrogen and oxygen atoms in total. The van der Waals surface area contributed by atoms with Crippen LogP contribution in [0.2, 0.25) is 0 Å². The Morgan fingerprint density at radius 1 is 0.741 bits per heavy atom. The van der Waals surface area contributed by atoms with Gasteiger partial charge in [0.05, 0.1) is 0 Å². The zero-order valence-corrected chi connectivity index (χ0v) is 20.3. The zero-order chi connectivity index (χ0) is 19.6. The van der Waals surface area contributed by atoms with E-state index in [0.717, 1.165) is 0 Å². The van der Waals surface area contributed by atoms with Crippen LogP contribution in [0.3, 0.4) is 0 Å². The third-order valence-corrected chi connectivity index (χ3v) is 4.80. The minimum Gasteiger partial charge on any atom is -0.352 e. The van der Waals surface area contributed by atoms with Gasteiger partial charge in [0.15, 0.2) is 0 Å². The van der Waals surface area contributed by atoms with Crippen LogP contribution in [0.25, 0.3) is 0 Å².